The van der Waals surface area contributed by atoms with Gasteiger partial charge in [-0.1, -0.05) is 334 Å². The van der Waals surface area contributed by atoms with Gasteiger partial charge in [0.25, 0.3) is 0 Å². The Balaban J connectivity index is 2.04. The van der Waals surface area contributed by atoms with Crippen LogP contribution in [0.15, 0.2) is 12.2 Å². The first-order valence-corrected chi connectivity index (χ1v) is 34.9. The minimum absolute atomic E-state index is 0.132. The maximum absolute atomic E-state index is 13.1. The predicted molar refractivity (Wildman–Crippen MR) is 332 cm³/mol. The van der Waals surface area contributed by atoms with E-state index >= 15 is 0 Å². The summed E-state index contributed by atoms with van der Waals surface area (Å²) in [6, 6.07) is -0.715. The van der Waals surface area contributed by atoms with Gasteiger partial charge in [0, 0.05) is 6.42 Å². The number of nitrogens with one attached hydrogen (secondary N) is 1. The van der Waals surface area contributed by atoms with Gasteiger partial charge in [0.15, 0.2) is 6.29 Å². The monoisotopic (exact) mass is 1110 g/mol. The van der Waals surface area contributed by atoms with Crippen LogP contribution in [0.2, 0.25) is 0 Å². The van der Waals surface area contributed by atoms with Crippen molar-refractivity contribution in [2.45, 2.75) is 410 Å². The fourth-order valence-electron chi connectivity index (χ4n) is 11.6. The summed E-state index contributed by atoms with van der Waals surface area (Å²) in [5.41, 5.74) is 0. The summed E-state index contributed by atoms with van der Waals surface area (Å²) >= 11 is 0. The lowest BCUT2D eigenvalue weighted by atomic mass is 9.99. The average Bonchev–Trinajstić information content (AvgIpc) is 3.45. The second-order valence-electron chi connectivity index (χ2n) is 24.7. The van der Waals surface area contributed by atoms with Crippen molar-refractivity contribution in [2.24, 2.45) is 0 Å². The SMILES string of the molecule is CCCCCCCCCC/C=C\CCCCCCCCCCCCCCCCCCCCCCCCCCCC(=O)NC(COC1OC(CO)C(O)C(O)C1O)C(O)CCCCCCCCCCCCCCCCCCCC. The van der Waals surface area contributed by atoms with Gasteiger partial charge in [0.2, 0.25) is 5.91 Å². The number of aliphatic hydroxyl groups excluding tert-OH is 5. The molecule has 9 nitrogen and oxygen atoms in total. The van der Waals surface area contributed by atoms with E-state index in [2.05, 4.69) is 31.3 Å². The number of carbonyl (C=O) groups is 1. The molecular weight excluding hydrogens is 971 g/mol. The van der Waals surface area contributed by atoms with Crippen molar-refractivity contribution in [3.05, 3.63) is 12.2 Å². The van der Waals surface area contributed by atoms with Gasteiger partial charge in [-0.2, -0.15) is 0 Å². The zero-order valence-corrected chi connectivity index (χ0v) is 52.0. The van der Waals surface area contributed by atoms with Crippen LogP contribution in [0.1, 0.15) is 367 Å². The predicted octanol–water partition coefficient (Wildman–Crippen LogP) is 18.7. The Labute approximate surface area is 484 Å². The van der Waals surface area contributed by atoms with Crippen molar-refractivity contribution in [1.29, 1.82) is 0 Å². The largest absolute Gasteiger partial charge is 0.394 e. The maximum atomic E-state index is 13.1. The van der Waals surface area contributed by atoms with Crippen LogP contribution in [-0.4, -0.2) is 87.5 Å². The molecule has 1 aliphatic heterocycles. The van der Waals surface area contributed by atoms with Gasteiger partial charge in [-0.3, -0.25) is 4.79 Å². The molecule has 0 aromatic rings. The van der Waals surface area contributed by atoms with Crippen molar-refractivity contribution in [3.8, 4) is 0 Å². The van der Waals surface area contributed by atoms with Gasteiger partial charge in [-0.05, 0) is 38.5 Å². The topological polar surface area (TPSA) is 149 Å². The first-order valence-electron chi connectivity index (χ1n) is 34.9. The van der Waals surface area contributed by atoms with E-state index in [0.29, 0.717) is 12.8 Å². The van der Waals surface area contributed by atoms with Gasteiger partial charge in [-0.15, -0.1) is 0 Å². The summed E-state index contributed by atoms with van der Waals surface area (Å²) in [6.45, 7) is 3.89. The van der Waals surface area contributed by atoms with Crippen molar-refractivity contribution in [3.63, 3.8) is 0 Å². The van der Waals surface area contributed by atoms with E-state index in [1.807, 2.05) is 0 Å². The molecule has 6 N–H and O–H groups in total. The molecule has 0 saturated carbocycles. The minimum atomic E-state index is -1.55. The fourth-order valence-corrected chi connectivity index (χ4v) is 11.6. The highest BCUT2D eigenvalue weighted by Crippen LogP contribution is 2.24. The molecule has 9 heteroatoms. The number of carbonyl (C=O) groups excluding carboxylic acids is 1. The molecule has 1 aliphatic rings. The molecule has 78 heavy (non-hydrogen) atoms. The van der Waals surface area contributed by atoms with Crippen LogP contribution < -0.4 is 5.32 Å². The zero-order chi connectivity index (χ0) is 56.5. The normalized spacial score (nSPS) is 18.6. The molecule has 464 valence electrons. The number of unbranched alkanes of at least 4 members (excludes halogenated alkanes) is 50. The van der Waals surface area contributed by atoms with Crippen LogP contribution in [0.25, 0.3) is 0 Å². The molecule has 0 aliphatic carbocycles. The van der Waals surface area contributed by atoms with Crippen molar-refractivity contribution < 1.29 is 39.8 Å². The smallest absolute Gasteiger partial charge is 0.220 e. The molecular formula is C69H135NO8. The summed E-state index contributed by atoms with van der Waals surface area (Å²) < 4.78 is 11.4. The summed E-state index contributed by atoms with van der Waals surface area (Å²) in [6.07, 6.45) is 68.6. The Hall–Kier alpha value is -1.07. The second kappa shape index (κ2) is 59.1. The Morgan fingerprint density at radius 1 is 0.423 bits per heavy atom. The number of allylic oxidation sites excluding steroid dienone is 2. The Kier molecular flexibility index (Phi) is 56.8. The fraction of sp³-hybridized carbons (Fsp3) is 0.957. The maximum Gasteiger partial charge on any atom is 0.220 e. The molecule has 0 bridgehead atoms. The first kappa shape index (κ1) is 74.9. The zero-order valence-electron chi connectivity index (χ0n) is 52.0. The molecule has 1 rings (SSSR count). The molecule has 7 unspecified atom stereocenters. The van der Waals surface area contributed by atoms with Crippen molar-refractivity contribution >= 4 is 5.91 Å². The van der Waals surface area contributed by atoms with Crippen LogP contribution in [-0.2, 0) is 14.3 Å². The molecule has 0 aromatic carbocycles. The highest BCUT2D eigenvalue weighted by molar-refractivity contribution is 5.76. The molecule has 0 radical (unpaired) electrons. The Morgan fingerprint density at radius 3 is 1.04 bits per heavy atom. The van der Waals surface area contributed by atoms with Crippen LogP contribution in [0, 0.1) is 0 Å². The third kappa shape index (κ3) is 47.4. The third-order valence-electron chi connectivity index (χ3n) is 17.1. The van der Waals surface area contributed by atoms with E-state index in [0.717, 1.165) is 38.5 Å². The second-order valence-corrected chi connectivity index (χ2v) is 24.7. The van der Waals surface area contributed by atoms with Crippen molar-refractivity contribution in [2.75, 3.05) is 13.2 Å². The quantitative estimate of drug-likeness (QED) is 0.0261. The summed E-state index contributed by atoms with van der Waals surface area (Å²) in [5, 5.41) is 54.8. The number of hydrogen-bond donors (Lipinski definition) is 6. The highest BCUT2D eigenvalue weighted by Gasteiger charge is 2.44. The van der Waals surface area contributed by atoms with Gasteiger partial charge in [-0.25, -0.2) is 0 Å². The molecule has 7 atom stereocenters. The lowest BCUT2D eigenvalue weighted by Gasteiger charge is -2.40. The molecule has 1 saturated heterocycles. The standard InChI is InChI=1S/C69H135NO8/c1-3-5-7-9-11-13-15-17-19-21-23-24-25-26-27-28-29-30-31-32-33-34-35-36-37-38-39-40-41-43-45-47-49-51-53-55-57-59-65(73)70-62(61-77-69-68(76)67(75)66(74)64(60-71)78-69)63(72)58-56-54-52-50-48-46-44-42-22-20-18-16-14-12-10-8-6-4-2/h21,23,62-64,66-69,71-72,74-76H,3-20,22,24-61H2,1-2H3,(H,70,73)/b23-21-. The number of aliphatic hydroxyl groups is 5. The lowest BCUT2D eigenvalue weighted by Crippen LogP contribution is -2.60. The first-order chi connectivity index (χ1) is 38.3. The lowest BCUT2D eigenvalue weighted by molar-refractivity contribution is -0.302. The van der Waals surface area contributed by atoms with Crippen LogP contribution in [0.4, 0.5) is 0 Å². The van der Waals surface area contributed by atoms with Gasteiger partial charge >= 0.3 is 0 Å². The van der Waals surface area contributed by atoms with E-state index < -0.39 is 49.5 Å². The van der Waals surface area contributed by atoms with E-state index in [1.165, 1.54) is 302 Å². The van der Waals surface area contributed by atoms with Crippen molar-refractivity contribution in [1.82, 2.24) is 5.32 Å². The number of hydrogen-bond acceptors (Lipinski definition) is 8. The van der Waals surface area contributed by atoms with Gasteiger partial charge in [0.05, 0.1) is 25.4 Å². The minimum Gasteiger partial charge on any atom is -0.394 e. The van der Waals surface area contributed by atoms with Gasteiger partial charge in [0.1, 0.15) is 24.4 Å². The van der Waals surface area contributed by atoms with E-state index in [1.54, 1.807) is 0 Å². The van der Waals surface area contributed by atoms with E-state index in [4.69, 9.17) is 9.47 Å². The summed E-state index contributed by atoms with van der Waals surface area (Å²) in [5.74, 6) is -0.135. The van der Waals surface area contributed by atoms with Crippen LogP contribution in [0.3, 0.4) is 0 Å². The molecule has 0 aromatic heterocycles. The van der Waals surface area contributed by atoms with E-state index in [9.17, 15) is 30.3 Å². The molecule has 1 heterocycles. The number of ether oxygens (including phenoxy) is 2. The average molecular weight is 1110 g/mol. The molecule has 1 fully saturated rings. The third-order valence-corrected chi connectivity index (χ3v) is 17.1. The summed E-state index contributed by atoms with van der Waals surface area (Å²) in [4.78, 5) is 13.1. The van der Waals surface area contributed by atoms with Crippen LogP contribution in [0.5, 0.6) is 0 Å². The van der Waals surface area contributed by atoms with E-state index in [-0.39, 0.29) is 12.5 Å². The van der Waals surface area contributed by atoms with Gasteiger partial charge < -0.3 is 40.3 Å². The number of rotatable bonds is 62. The number of amides is 1. The molecule has 0 spiro atoms. The summed E-state index contributed by atoms with van der Waals surface area (Å²) in [7, 11) is 0. The Morgan fingerprint density at radius 2 is 0.718 bits per heavy atom. The Bertz CT molecular complexity index is 1240. The van der Waals surface area contributed by atoms with Crippen LogP contribution >= 0.6 is 0 Å². The highest BCUT2D eigenvalue weighted by atomic mass is 16.7. The molecule has 1 amide bonds.